The lowest BCUT2D eigenvalue weighted by Gasteiger charge is -2.32. The molecule has 4 rings (SSSR count). The number of carbonyl (C=O) groups excluding carboxylic acids is 2. The van der Waals surface area contributed by atoms with Gasteiger partial charge in [-0.1, -0.05) is 36.4 Å². The Bertz CT molecular complexity index is 1360. The number of hydrogen-bond acceptors (Lipinski definition) is 8. The van der Waals surface area contributed by atoms with Gasteiger partial charge in [0.1, 0.15) is 16.7 Å². The summed E-state index contributed by atoms with van der Waals surface area (Å²) in [6.07, 6.45) is 0. The molecule has 1 aromatic heterocycles. The Kier molecular flexibility index (Phi) is 7.64. The monoisotopic (exact) mass is 504 g/mol. The molecule has 2 unspecified atom stereocenters. The van der Waals surface area contributed by atoms with Crippen molar-refractivity contribution in [3.8, 4) is 27.6 Å². The van der Waals surface area contributed by atoms with Gasteiger partial charge < -0.3 is 14.6 Å². The van der Waals surface area contributed by atoms with E-state index in [1.165, 1.54) is 11.3 Å². The summed E-state index contributed by atoms with van der Waals surface area (Å²) in [5.74, 6) is -2.20. The van der Waals surface area contributed by atoms with E-state index < -0.39 is 23.8 Å². The van der Waals surface area contributed by atoms with Crippen molar-refractivity contribution in [2.45, 2.75) is 33.6 Å². The highest BCUT2D eigenvalue weighted by Gasteiger charge is 2.43. The highest BCUT2D eigenvalue weighted by molar-refractivity contribution is 7.13. The van der Waals surface area contributed by atoms with Crippen molar-refractivity contribution in [3.63, 3.8) is 0 Å². The fourth-order valence-corrected chi connectivity index (χ4v) is 5.42. The smallest absolute Gasteiger partial charge is 0.336 e. The van der Waals surface area contributed by atoms with Crippen molar-refractivity contribution >= 4 is 29.0 Å². The van der Waals surface area contributed by atoms with E-state index in [9.17, 15) is 14.7 Å². The normalized spacial score (nSPS) is 17.5. The number of allylic oxidation sites excluding steroid dienone is 1. The number of esters is 2. The molecular formula is C28H28N2O5S. The summed E-state index contributed by atoms with van der Waals surface area (Å²) in [6.45, 7) is 7.46. The van der Waals surface area contributed by atoms with Crippen molar-refractivity contribution in [3.05, 3.63) is 70.7 Å². The van der Waals surface area contributed by atoms with Crippen LogP contribution >= 0.6 is 11.3 Å². The molecule has 0 fully saturated rings. The largest absolute Gasteiger partial charge is 0.508 e. The van der Waals surface area contributed by atoms with Crippen LogP contribution in [0.25, 0.3) is 21.8 Å². The van der Waals surface area contributed by atoms with Crippen LogP contribution in [0, 0.1) is 5.92 Å². The third-order valence-corrected chi connectivity index (χ3v) is 6.91. The number of nitrogens with zero attached hydrogens (tertiary/aromatic N) is 2. The van der Waals surface area contributed by atoms with Crippen LogP contribution in [0.4, 0.5) is 0 Å². The van der Waals surface area contributed by atoms with Crippen molar-refractivity contribution < 1.29 is 24.2 Å². The van der Waals surface area contributed by atoms with Crippen LogP contribution in [-0.4, -0.2) is 41.0 Å². The molecule has 186 valence electrons. The van der Waals surface area contributed by atoms with E-state index in [0.29, 0.717) is 17.0 Å². The number of hydrogen-bond donors (Lipinski definition) is 1. The van der Waals surface area contributed by atoms with Gasteiger partial charge in [0.15, 0.2) is 0 Å². The molecule has 7 nitrogen and oxygen atoms in total. The van der Waals surface area contributed by atoms with Crippen LogP contribution in [0.5, 0.6) is 5.75 Å². The minimum Gasteiger partial charge on any atom is -0.508 e. The molecule has 0 radical (unpaired) electrons. The van der Waals surface area contributed by atoms with Gasteiger partial charge in [-0.15, -0.1) is 11.3 Å². The summed E-state index contributed by atoms with van der Waals surface area (Å²) in [5.41, 5.74) is 4.54. The fraction of sp³-hybridized carbons (Fsp3) is 0.286. The first-order valence-corrected chi connectivity index (χ1v) is 12.7. The molecule has 2 atom stereocenters. The van der Waals surface area contributed by atoms with Crippen molar-refractivity contribution in [2.75, 3.05) is 13.2 Å². The van der Waals surface area contributed by atoms with Crippen LogP contribution in [0.15, 0.2) is 70.2 Å². The second-order valence-electron chi connectivity index (χ2n) is 8.36. The molecule has 0 saturated heterocycles. The van der Waals surface area contributed by atoms with E-state index in [1.807, 2.05) is 35.7 Å². The van der Waals surface area contributed by atoms with Gasteiger partial charge in [-0.3, -0.25) is 9.79 Å². The van der Waals surface area contributed by atoms with Gasteiger partial charge in [-0.05, 0) is 45.4 Å². The highest BCUT2D eigenvalue weighted by atomic mass is 32.1. The zero-order chi connectivity index (χ0) is 25.8. The SMILES string of the molecule is CCOC(=O)C1=C(C)N=C(C)C(C(=O)OCC)C1c1ccccc1-c1nc(-c2cccc(O)c2)cs1. The molecule has 2 heterocycles. The molecule has 0 amide bonds. The number of aromatic hydroxyl groups is 1. The number of phenols is 1. The Labute approximate surface area is 214 Å². The van der Waals surface area contributed by atoms with Crippen molar-refractivity contribution in [2.24, 2.45) is 10.9 Å². The lowest BCUT2D eigenvalue weighted by atomic mass is 9.74. The number of aliphatic imine (C=N–C) groups is 1. The molecule has 1 aliphatic heterocycles. The maximum atomic E-state index is 13.2. The first-order valence-electron chi connectivity index (χ1n) is 11.8. The number of benzene rings is 2. The predicted molar refractivity (Wildman–Crippen MR) is 140 cm³/mol. The topological polar surface area (TPSA) is 98.1 Å². The Morgan fingerprint density at radius 1 is 1.03 bits per heavy atom. The molecule has 3 aromatic rings. The average molecular weight is 505 g/mol. The Morgan fingerprint density at radius 2 is 1.78 bits per heavy atom. The highest BCUT2D eigenvalue weighted by Crippen LogP contribution is 2.44. The van der Waals surface area contributed by atoms with E-state index in [2.05, 4.69) is 4.99 Å². The van der Waals surface area contributed by atoms with E-state index in [0.717, 1.165) is 27.4 Å². The molecule has 1 aliphatic rings. The second kappa shape index (κ2) is 10.9. The summed E-state index contributed by atoms with van der Waals surface area (Å²) in [4.78, 5) is 35.7. The van der Waals surface area contributed by atoms with Gasteiger partial charge in [0.25, 0.3) is 0 Å². The number of thiazole rings is 1. The molecule has 8 heteroatoms. The summed E-state index contributed by atoms with van der Waals surface area (Å²) in [7, 11) is 0. The first-order chi connectivity index (χ1) is 17.3. The third-order valence-electron chi connectivity index (χ3n) is 6.04. The van der Waals surface area contributed by atoms with E-state index in [1.54, 1.807) is 45.9 Å². The zero-order valence-corrected chi connectivity index (χ0v) is 21.5. The van der Waals surface area contributed by atoms with E-state index in [4.69, 9.17) is 14.5 Å². The van der Waals surface area contributed by atoms with Gasteiger partial charge in [-0.25, -0.2) is 9.78 Å². The molecule has 1 N–H and O–H groups in total. The van der Waals surface area contributed by atoms with Crippen LogP contribution in [0.1, 0.15) is 39.2 Å². The summed E-state index contributed by atoms with van der Waals surface area (Å²) in [5, 5.41) is 12.5. The van der Waals surface area contributed by atoms with Gasteiger partial charge in [0.2, 0.25) is 0 Å². The molecule has 0 aliphatic carbocycles. The molecule has 0 spiro atoms. The van der Waals surface area contributed by atoms with Crippen LogP contribution in [-0.2, 0) is 19.1 Å². The lowest BCUT2D eigenvalue weighted by molar-refractivity contribution is -0.146. The quantitative estimate of drug-likeness (QED) is 0.411. The average Bonchev–Trinajstić information content (AvgIpc) is 3.34. The van der Waals surface area contributed by atoms with Gasteiger partial charge in [0.05, 0.1) is 24.5 Å². The number of ether oxygens (including phenoxy) is 2. The summed E-state index contributed by atoms with van der Waals surface area (Å²) >= 11 is 1.45. The van der Waals surface area contributed by atoms with Crippen LogP contribution in [0.2, 0.25) is 0 Å². The predicted octanol–water partition coefficient (Wildman–Crippen LogP) is 5.76. The minimum atomic E-state index is -0.778. The number of carbonyl (C=O) groups is 2. The standard InChI is InChI=1S/C28H28N2O5S/c1-5-34-27(32)23-16(3)29-17(4)24(28(33)35-6-2)25(23)20-12-7-8-13-21(20)26-30-22(15-36-26)18-10-9-11-19(31)14-18/h7-15,23,25,31H,5-6H2,1-4H3. The fourth-order valence-electron chi connectivity index (χ4n) is 4.54. The number of aromatic nitrogens is 1. The van der Waals surface area contributed by atoms with E-state index in [-0.39, 0.29) is 19.0 Å². The summed E-state index contributed by atoms with van der Waals surface area (Å²) < 4.78 is 10.8. The van der Waals surface area contributed by atoms with Gasteiger partial charge >= 0.3 is 11.9 Å². The molecule has 0 bridgehead atoms. The van der Waals surface area contributed by atoms with Crippen molar-refractivity contribution in [1.82, 2.24) is 4.98 Å². The molecule has 36 heavy (non-hydrogen) atoms. The van der Waals surface area contributed by atoms with Gasteiger partial charge in [0, 0.05) is 33.8 Å². The van der Waals surface area contributed by atoms with Crippen molar-refractivity contribution in [1.29, 1.82) is 0 Å². The van der Waals surface area contributed by atoms with E-state index >= 15 is 0 Å². The summed E-state index contributed by atoms with van der Waals surface area (Å²) in [6, 6.07) is 14.5. The van der Waals surface area contributed by atoms with Gasteiger partial charge in [-0.2, -0.15) is 0 Å². The Balaban J connectivity index is 1.87. The Hall–Kier alpha value is -3.78. The molecule has 2 aromatic carbocycles. The maximum absolute atomic E-state index is 13.2. The Morgan fingerprint density at radius 3 is 2.50 bits per heavy atom. The second-order valence-corrected chi connectivity index (χ2v) is 9.21. The number of phenolic OH excluding ortho intramolecular Hbond substituents is 1. The molecule has 0 saturated carbocycles. The zero-order valence-electron chi connectivity index (χ0n) is 20.6. The third kappa shape index (κ3) is 4.95. The van der Waals surface area contributed by atoms with Crippen LogP contribution < -0.4 is 0 Å². The first kappa shape index (κ1) is 25.3. The van der Waals surface area contributed by atoms with Crippen LogP contribution in [0.3, 0.4) is 0 Å². The maximum Gasteiger partial charge on any atom is 0.336 e. The lowest BCUT2D eigenvalue weighted by Crippen LogP contribution is -2.36. The molecular weight excluding hydrogens is 476 g/mol. The minimum absolute atomic E-state index is 0.163. The number of rotatable bonds is 7.